The number of benzene rings is 2. The van der Waals surface area contributed by atoms with Crippen LogP contribution in [0.25, 0.3) is 10.8 Å². The Hall–Kier alpha value is -2.66. The van der Waals surface area contributed by atoms with Gasteiger partial charge >= 0.3 is 0 Å². The predicted octanol–water partition coefficient (Wildman–Crippen LogP) is 3.82. The minimum atomic E-state index is 0.122. The molecule has 0 radical (unpaired) electrons. The zero-order chi connectivity index (χ0) is 15.5. The lowest BCUT2D eigenvalue weighted by atomic mass is 10.1. The number of phenolic OH excluding ortho intramolecular Hbond substituents is 1. The molecule has 6 heteroatoms. The van der Waals surface area contributed by atoms with Crippen molar-refractivity contribution in [2.24, 2.45) is 5.10 Å². The molecule has 1 aromatic heterocycles. The van der Waals surface area contributed by atoms with E-state index in [-0.39, 0.29) is 5.75 Å². The summed E-state index contributed by atoms with van der Waals surface area (Å²) in [5.41, 5.74) is 4.05. The Kier molecular flexibility index (Phi) is 3.89. The van der Waals surface area contributed by atoms with Gasteiger partial charge in [-0.3, -0.25) is 5.43 Å². The van der Waals surface area contributed by atoms with Crippen LogP contribution < -0.4 is 5.43 Å². The van der Waals surface area contributed by atoms with Crippen LogP contribution in [-0.2, 0) is 0 Å². The molecule has 0 fully saturated rings. The molecule has 2 aromatic carbocycles. The molecule has 5 nitrogen and oxygen atoms in total. The van der Waals surface area contributed by atoms with Gasteiger partial charge in [0, 0.05) is 21.4 Å². The van der Waals surface area contributed by atoms with Crippen LogP contribution in [0, 0.1) is 0 Å². The zero-order valence-corrected chi connectivity index (χ0v) is 12.5. The predicted molar refractivity (Wildman–Crippen MR) is 88.5 cm³/mol. The van der Waals surface area contributed by atoms with Crippen LogP contribution >= 0.6 is 11.6 Å². The van der Waals surface area contributed by atoms with Crippen molar-refractivity contribution in [3.05, 3.63) is 59.2 Å². The monoisotopic (exact) mass is 312 g/mol. The summed E-state index contributed by atoms with van der Waals surface area (Å²) in [4.78, 5) is 0. The third-order valence-electron chi connectivity index (χ3n) is 3.25. The number of phenols is 1. The number of aromatic hydroxyl groups is 1. The number of hydrogen-bond acceptors (Lipinski definition) is 5. The van der Waals surface area contributed by atoms with Gasteiger partial charge in [-0.2, -0.15) is 10.2 Å². The van der Waals surface area contributed by atoms with Crippen molar-refractivity contribution in [3.63, 3.8) is 0 Å². The van der Waals surface area contributed by atoms with Crippen molar-refractivity contribution in [3.8, 4) is 5.75 Å². The molecule has 22 heavy (non-hydrogen) atoms. The van der Waals surface area contributed by atoms with Gasteiger partial charge in [-0.15, -0.1) is 5.10 Å². The Morgan fingerprint density at radius 3 is 2.91 bits per heavy atom. The highest BCUT2D eigenvalue weighted by atomic mass is 35.5. The lowest BCUT2D eigenvalue weighted by Crippen LogP contribution is -2.02. The van der Waals surface area contributed by atoms with E-state index in [0.29, 0.717) is 22.1 Å². The smallest absolute Gasteiger partial charge is 0.176 e. The van der Waals surface area contributed by atoms with E-state index in [9.17, 15) is 5.11 Å². The molecule has 0 aliphatic heterocycles. The Balaban J connectivity index is 1.94. The van der Waals surface area contributed by atoms with Crippen LogP contribution in [0.1, 0.15) is 12.5 Å². The number of hydrazone groups is 1. The fraction of sp³-hybridized carbons (Fsp3) is 0.0625. The third-order valence-corrected chi connectivity index (χ3v) is 3.48. The van der Waals surface area contributed by atoms with E-state index in [0.717, 1.165) is 10.8 Å². The van der Waals surface area contributed by atoms with Gasteiger partial charge in [0.2, 0.25) is 0 Å². The van der Waals surface area contributed by atoms with E-state index in [2.05, 4.69) is 20.7 Å². The van der Waals surface area contributed by atoms with Crippen LogP contribution in [0.3, 0.4) is 0 Å². The average molecular weight is 313 g/mol. The maximum Gasteiger partial charge on any atom is 0.176 e. The summed E-state index contributed by atoms with van der Waals surface area (Å²) in [6.07, 6.45) is 1.69. The number of halogens is 1. The Bertz CT molecular complexity index is 858. The molecule has 0 bridgehead atoms. The minimum Gasteiger partial charge on any atom is -0.507 e. The molecular formula is C16H13ClN4O. The molecule has 0 aliphatic rings. The fourth-order valence-corrected chi connectivity index (χ4v) is 2.28. The van der Waals surface area contributed by atoms with Crippen molar-refractivity contribution in [2.45, 2.75) is 6.92 Å². The van der Waals surface area contributed by atoms with Crippen LogP contribution in [-0.4, -0.2) is 21.0 Å². The summed E-state index contributed by atoms with van der Waals surface area (Å²) in [7, 11) is 0. The number of nitrogens with zero attached hydrogens (tertiary/aromatic N) is 3. The summed E-state index contributed by atoms with van der Waals surface area (Å²) >= 11 is 5.95. The maximum absolute atomic E-state index is 9.88. The maximum atomic E-state index is 9.88. The normalized spacial score (nSPS) is 11.6. The largest absolute Gasteiger partial charge is 0.507 e. The molecule has 110 valence electrons. The average Bonchev–Trinajstić information content (AvgIpc) is 2.54. The Labute approximate surface area is 132 Å². The molecule has 1 heterocycles. The van der Waals surface area contributed by atoms with Gasteiger partial charge in [-0.25, -0.2) is 0 Å². The van der Waals surface area contributed by atoms with Crippen LogP contribution in [0.15, 0.2) is 53.8 Å². The summed E-state index contributed by atoms with van der Waals surface area (Å²) < 4.78 is 0. The third kappa shape index (κ3) is 2.84. The number of nitrogens with one attached hydrogen (secondary N) is 1. The van der Waals surface area contributed by atoms with E-state index < -0.39 is 0 Å². The van der Waals surface area contributed by atoms with Crippen LogP contribution in [0.2, 0.25) is 5.02 Å². The summed E-state index contributed by atoms with van der Waals surface area (Å²) in [6.45, 7) is 1.77. The molecule has 0 aliphatic carbocycles. The van der Waals surface area contributed by atoms with Gasteiger partial charge in [0.25, 0.3) is 0 Å². The molecule has 0 saturated carbocycles. The van der Waals surface area contributed by atoms with E-state index >= 15 is 0 Å². The lowest BCUT2D eigenvalue weighted by molar-refractivity contribution is 0.474. The highest BCUT2D eigenvalue weighted by Gasteiger charge is 2.07. The molecule has 0 atom stereocenters. The van der Waals surface area contributed by atoms with E-state index in [4.69, 9.17) is 11.6 Å². The van der Waals surface area contributed by atoms with E-state index in [1.165, 1.54) is 6.07 Å². The molecular weight excluding hydrogens is 300 g/mol. The first-order valence-corrected chi connectivity index (χ1v) is 7.02. The fourth-order valence-electron chi connectivity index (χ4n) is 2.11. The molecule has 3 aromatic rings. The van der Waals surface area contributed by atoms with Crippen molar-refractivity contribution in [1.82, 2.24) is 10.2 Å². The van der Waals surface area contributed by atoms with Gasteiger partial charge in [0.1, 0.15) is 5.75 Å². The first kappa shape index (κ1) is 14.3. The first-order chi connectivity index (χ1) is 10.6. The molecule has 0 amide bonds. The van der Waals surface area contributed by atoms with Gasteiger partial charge in [-0.1, -0.05) is 35.9 Å². The molecule has 3 rings (SSSR count). The standard InChI is InChI=1S/C16H13ClN4O/c1-10(14-8-12(17)6-7-15(14)22)19-21-16-13-5-3-2-4-11(13)9-18-20-16/h2-9,22H,1H3,(H,20,21)/b19-10-. The molecule has 2 N–H and O–H groups in total. The quantitative estimate of drug-likeness (QED) is 0.569. The van der Waals surface area contributed by atoms with Crippen LogP contribution in [0.5, 0.6) is 5.75 Å². The minimum absolute atomic E-state index is 0.122. The summed E-state index contributed by atoms with van der Waals surface area (Å²) in [5.74, 6) is 0.676. The number of anilines is 1. The van der Waals surface area contributed by atoms with E-state index in [1.807, 2.05) is 24.3 Å². The van der Waals surface area contributed by atoms with Gasteiger partial charge in [-0.05, 0) is 25.1 Å². The summed E-state index contributed by atoms with van der Waals surface area (Å²) in [6, 6.07) is 12.6. The van der Waals surface area contributed by atoms with Gasteiger partial charge in [0.15, 0.2) is 5.82 Å². The van der Waals surface area contributed by atoms with Crippen LogP contribution in [0.4, 0.5) is 5.82 Å². The SMILES string of the molecule is C/C(=N/Nc1nncc2ccccc12)c1cc(Cl)ccc1O. The second-order valence-electron chi connectivity index (χ2n) is 4.75. The number of fused-ring (bicyclic) bond motifs is 1. The van der Waals surface area contributed by atoms with E-state index in [1.54, 1.807) is 25.3 Å². The number of rotatable bonds is 3. The van der Waals surface area contributed by atoms with Crippen molar-refractivity contribution >= 4 is 33.9 Å². The highest BCUT2D eigenvalue weighted by Crippen LogP contribution is 2.23. The second kappa shape index (κ2) is 5.99. The van der Waals surface area contributed by atoms with Crippen molar-refractivity contribution in [2.75, 3.05) is 5.43 Å². The number of aromatic nitrogens is 2. The Morgan fingerprint density at radius 2 is 2.05 bits per heavy atom. The number of hydrogen-bond donors (Lipinski definition) is 2. The lowest BCUT2D eigenvalue weighted by Gasteiger charge is -2.07. The highest BCUT2D eigenvalue weighted by molar-refractivity contribution is 6.31. The van der Waals surface area contributed by atoms with Gasteiger partial charge in [0.05, 0.1) is 11.9 Å². The van der Waals surface area contributed by atoms with Gasteiger partial charge < -0.3 is 5.11 Å². The van der Waals surface area contributed by atoms with Crippen molar-refractivity contribution in [1.29, 1.82) is 0 Å². The second-order valence-corrected chi connectivity index (χ2v) is 5.19. The summed E-state index contributed by atoms with van der Waals surface area (Å²) in [5, 5.41) is 24.6. The van der Waals surface area contributed by atoms with Crippen molar-refractivity contribution < 1.29 is 5.11 Å². The zero-order valence-electron chi connectivity index (χ0n) is 11.8. The molecule has 0 spiro atoms. The first-order valence-electron chi connectivity index (χ1n) is 6.65. The molecule has 0 saturated heterocycles. The molecule has 0 unspecified atom stereocenters. The topological polar surface area (TPSA) is 70.4 Å². The Morgan fingerprint density at radius 1 is 1.23 bits per heavy atom.